The minimum Gasteiger partial charge on any atom is -0.756 e. The molecule has 7 atom stereocenters. The third-order valence-corrected chi connectivity index (χ3v) is 6.87. The Bertz CT molecular complexity index is 811. The highest BCUT2D eigenvalue weighted by molar-refractivity contribution is 7.46. The SMILES string of the molecule is CC(=O)N[C@H]1[C@H](OCCOP(=O)([O-])OCCCOP(=O)([O-])OCCCOCC(C)(C)C)O[C@H](CO)[C@H](O)[C@@H]1O. The smallest absolute Gasteiger partial charge is 0.267 e. The van der Waals surface area contributed by atoms with Crippen molar-refractivity contribution in [3.63, 3.8) is 0 Å². The van der Waals surface area contributed by atoms with E-state index in [-0.39, 0.29) is 25.0 Å². The van der Waals surface area contributed by atoms with Gasteiger partial charge in [0.25, 0.3) is 15.6 Å². The summed E-state index contributed by atoms with van der Waals surface area (Å²) in [7, 11) is -9.34. The maximum absolute atomic E-state index is 11.9. The number of nitrogens with one attached hydrogen (secondary N) is 1. The fourth-order valence-corrected chi connectivity index (χ4v) is 4.63. The van der Waals surface area contributed by atoms with Crippen LogP contribution in [0.1, 0.15) is 40.5 Å². The molecule has 1 aliphatic rings. The second-order valence-corrected chi connectivity index (χ2v) is 12.7. The van der Waals surface area contributed by atoms with Gasteiger partial charge in [0.05, 0.1) is 46.2 Å². The van der Waals surface area contributed by atoms with E-state index in [9.17, 15) is 39.0 Å². The first-order chi connectivity index (χ1) is 18.1. The second kappa shape index (κ2) is 17.4. The highest BCUT2D eigenvalue weighted by atomic mass is 31.2. The molecule has 232 valence electrons. The van der Waals surface area contributed by atoms with E-state index in [4.69, 9.17) is 18.7 Å². The van der Waals surface area contributed by atoms with Crippen LogP contribution in [0, 0.1) is 5.41 Å². The number of hydrogen-bond acceptors (Lipinski definition) is 15. The summed E-state index contributed by atoms with van der Waals surface area (Å²) in [6.07, 6.45) is -5.30. The van der Waals surface area contributed by atoms with Crippen LogP contribution < -0.4 is 15.1 Å². The lowest BCUT2D eigenvalue weighted by molar-refractivity contribution is -0.273. The molecule has 1 amide bonds. The molecule has 39 heavy (non-hydrogen) atoms. The zero-order valence-corrected chi connectivity index (χ0v) is 24.4. The van der Waals surface area contributed by atoms with Crippen molar-refractivity contribution in [2.75, 3.05) is 52.9 Å². The fourth-order valence-electron chi connectivity index (χ4n) is 3.13. The quantitative estimate of drug-likeness (QED) is 0.0993. The average molecular weight is 609 g/mol. The molecule has 0 aromatic rings. The molecule has 1 aliphatic heterocycles. The van der Waals surface area contributed by atoms with Crippen LogP contribution in [0.15, 0.2) is 0 Å². The number of carbonyl (C=O) groups excluding carboxylic acids is 1. The van der Waals surface area contributed by atoms with Crippen molar-refractivity contribution < 1.29 is 71.3 Å². The highest BCUT2D eigenvalue weighted by Crippen LogP contribution is 2.40. The Morgan fingerprint density at radius 3 is 1.90 bits per heavy atom. The standard InChI is InChI=1S/C21H43NO15P2/c1-15(24)22-17-19(26)18(25)16(13-23)37-20(17)32-11-12-36-39(29,30)35-10-6-9-34-38(27,28)33-8-5-7-31-14-21(2,3)4/h16-20,23,25-26H,5-14H2,1-4H3,(H,22,24)(H,27,28)(H,29,30)/p-2/t16-,17-,18+,19-,20-/m1/s1. The molecular weight excluding hydrogens is 568 g/mol. The molecule has 2 unspecified atom stereocenters. The van der Waals surface area contributed by atoms with Crippen molar-refractivity contribution >= 4 is 21.6 Å². The van der Waals surface area contributed by atoms with Gasteiger partial charge in [-0.1, -0.05) is 20.8 Å². The van der Waals surface area contributed by atoms with Gasteiger partial charge in [-0.15, -0.1) is 0 Å². The number of phosphoric ester groups is 2. The summed E-state index contributed by atoms with van der Waals surface area (Å²) in [6.45, 7) is 5.54. The summed E-state index contributed by atoms with van der Waals surface area (Å²) in [5.74, 6) is -0.551. The average Bonchev–Trinajstić information content (AvgIpc) is 2.82. The molecule has 0 radical (unpaired) electrons. The molecule has 0 aromatic heterocycles. The van der Waals surface area contributed by atoms with Gasteiger partial charge in [-0.25, -0.2) is 0 Å². The van der Waals surface area contributed by atoms with Crippen LogP contribution in [-0.4, -0.2) is 105 Å². The van der Waals surface area contributed by atoms with Crippen molar-refractivity contribution in [2.24, 2.45) is 5.41 Å². The molecule has 4 N–H and O–H groups in total. The predicted molar refractivity (Wildman–Crippen MR) is 130 cm³/mol. The van der Waals surface area contributed by atoms with Gasteiger partial charge in [-0.05, 0) is 18.3 Å². The Balaban J connectivity index is 2.27. The number of phosphoric acid groups is 2. The van der Waals surface area contributed by atoms with Crippen LogP contribution in [-0.2, 0) is 46.2 Å². The molecule has 0 saturated carbocycles. The summed E-state index contributed by atoms with van der Waals surface area (Å²) in [5, 5.41) is 31.8. The van der Waals surface area contributed by atoms with Gasteiger partial charge < -0.3 is 62.7 Å². The first-order valence-electron chi connectivity index (χ1n) is 12.4. The molecule has 1 heterocycles. The van der Waals surface area contributed by atoms with E-state index in [2.05, 4.69) is 18.9 Å². The van der Waals surface area contributed by atoms with Gasteiger partial charge in [-0.2, -0.15) is 0 Å². The van der Waals surface area contributed by atoms with E-state index >= 15 is 0 Å². The van der Waals surface area contributed by atoms with Crippen LogP contribution >= 0.6 is 15.6 Å². The summed E-state index contributed by atoms with van der Waals surface area (Å²) < 4.78 is 58.3. The molecule has 0 bridgehead atoms. The van der Waals surface area contributed by atoms with E-state index < -0.39 is 78.6 Å². The van der Waals surface area contributed by atoms with Gasteiger partial charge in [0.1, 0.15) is 24.4 Å². The van der Waals surface area contributed by atoms with E-state index in [0.717, 1.165) is 0 Å². The van der Waals surface area contributed by atoms with Gasteiger partial charge in [0.15, 0.2) is 6.29 Å². The van der Waals surface area contributed by atoms with E-state index in [0.29, 0.717) is 19.6 Å². The van der Waals surface area contributed by atoms with Crippen molar-refractivity contribution in [1.82, 2.24) is 5.32 Å². The third-order valence-electron chi connectivity index (χ3n) is 4.87. The summed E-state index contributed by atoms with van der Waals surface area (Å²) in [5.41, 5.74) is -0.00443. The third kappa shape index (κ3) is 15.9. The Kier molecular flexibility index (Phi) is 16.3. The highest BCUT2D eigenvalue weighted by Gasteiger charge is 2.45. The first-order valence-corrected chi connectivity index (χ1v) is 15.3. The van der Waals surface area contributed by atoms with Crippen LogP contribution in [0.25, 0.3) is 0 Å². The van der Waals surface area contributed by atoms with Gasteiger partial charge in [0.2, 0.25) is 5.91 Å². The number of rotatable bonds is 19. The molecule has 1 fully saturated rings. The predicted octanol–water partition coefficient (Wildman–Crippen LogP) is -1.21. The number of carbonyl (C=O) groups is 1. The minimum atomic E-state index is -4.78. The zero-order chi connectivity index (χ0) is 29.7. The van der Waals surface area contributed by atoms with Crippen LogP contribution in [0.5, 0.6) is 0 Å². The lowest BCUT2D eigenvalue weighted by Crippen LogP contribution is -2.64. The van der Waals surface area contributed by atoms with Crippen LogP contribution in [0.3, 0.4) is 0 Å². The molecule has 16 nitrogen and oxygen atoms in total. The lowest BCUT2D eigenvalue weighted by Gasteiger charge is -2.42. The van der Waals surface area contributed by atoms with Gasteiger partial charge >= 0.3 is 0 Å². The molecule has 1 saturated heterocycles. The largest absolute Gasteiger partial charge is 0.756 e. The van der Waals surface area contributed by atoms with E-state index in [1.54, 1.807) is 0 Å². The topological polar surface area (TPSA) is 235 Å². The summed E-state index contributed by atoms with van der Waals surface area (Å²) in [6, 6.07) is -1.20. The van der Waals surface area contributed by atoms with Crippen molar-refractivity contribution in [3.8, 4) is 0 Å². The lowest BCUT2D eigenvalue weighted by atomic mass is 9.97. The summed E-state index contributed by atoms with van der Waals surface area (Å²) >= 11 is 0. The normalized spacial score (nSPS) is 27.1. The molecule has 18 heteroatoms. The van der Waals surface area contributed by atoms with Crippen molar-refractivity contribution in [3.05, 3.63) is 0 Å². The number of aliphatic hydroxyl groups excluding tert-OH is 3. The van der Waals surface area contributed by atoms with E-state index in [1.165, 1.54) is 6.92 Å². The first kappa shape index (κ1) is 36.5. The summed E-state index contributed by atoms with van der Waals surface area (Å²) in [4.78, 5) is 35.0. The molecule has 0 aliphatic carbocycles. The Morgan fingerprint density at radius 2 is 1.41 bits per heavy atom. The van der Waals surface area contributed by atoms with Gasteiger partial charge in [-0.3, -0.25) is 13.9 Å². The van der Waals surface area contributed by atoms with Crippen molar-refractivity contribution in [2.45, 2.75) is 71.2 Å². The number of ether oxygens (including phenoxy) is 3. The Hall–Kier alpha value is -0.550. The number of aliphatic hydroxyl groups is 3. The molecule has 1 rings (SSSR count). The zero-order valence-electron chi connectivity index (χ0n) is 22.6. The van der Waals surface area contributed by atoms with Crippen LogP contribution in [0.2, 0.25) is 0 Å². The Labute approximate surface area is 228 Å². The second-order valence-electron chi connectivity index (χ2n) is 9.85. The molecule has 0 aromatic carbocycles. The van der Waals surface area contributed by atoms with E-state index in [1.807, 2.05) is 20.8 Å². The minimum absolute atomic E-state index is 0.00443. The van der Waals surface area contributed by atoms with Crippen molar-refractivity contribution in [1.29, 1.82) is 0 Å². The molecular formula is C21H41NO15P2-2. The maximum atomic E-state index is 11.9. The van der Waals surface area contributed by atoms with Crippen LogP contribution in [0.4, 0.5) is 0 Å². The Morgan fingerprint density at radius 1 is 0.897 bits per heavy atom. The molecule has 0 spiro atoms. The maximum Gasteiger partial charge on any atom is 0.267 e. The number of hydrogen-bond donors (Lipinski definition) is 4. The fraction of sp³-hybridized carbons (Fsp3) is 0.952. The number of amides is 1. The van der Waals surface area contributed by atoms with Gasteiger partial charge in [0, 0.05) is 13.5 Å². The monoisotopic (exact) mass is 609 g/mol.